The van der Waals surface area contributed by atoms with Crippen LogP contribution in [-0.2, 0) is 20.9 Å². The highest BCUT2D eigenvalue weighted by molar-refractivity contribution is 7.16. The van der Waals surface area contributed by atoms with E-state index < -0.39 is 5.97 Å². The van der Waals surface area contributed by atoms with E-state index in [2.05, 4.69) is 4.99 Å². The van der Waals surface area contributed by atoms with Gasteiger partial charge < -0.3 is 9.30 Å². The Labute approximate surface area is 153 Å². The summed E-state index contributed by atoms with van der Waals surface area (Å²) in [5, 5.41) is 0.709. The molecular weight excluding hydrogens is 371 g/mol. The fourth-order valence-electron chi connectivity index (χ4n) is 2.16. The molecule has 0 aliphatic rings. The largest absolute Gasteiger partial charge is 0.465 e. The smallest absolute Gasteiger partial charge is 0.326 e. The molecule has 5 nitrogen and oxygen atoms in total. The van der Waals surface area contributed by atoms with Gasteiger partial charge in [0.1, 0.15) is 6.54 Å². The standard InChI is InChI=1S/C16H18Cl2N2O3S/c1-3-5-6-12(21)19-16-20(9-13(22)23-4-2)15-11(24-16)8-7-10(17)14(15)18/h7-8H,3-6,9H2,1-2H3. The molecule has 0 fully saturated rings. The summed E-state index contributed by atoms with van der Waals surface area (Å²) < 4.78 is 7.40. The normalized spacial score (nSPS) is 11.9. The van der Waals surface area contributed by atoms with Crippen LogP contribution in [0.15, 0.2) is 17.1 Å². The number of hydrogen-bond acceptors (Lipinski definition) is 4. The number of thiazole rings is 1. The Kier molecular flexibility index (Phi) is 6.83. The van der Waals surface area contributed by atoms with Crippen molar-refractivity contribution in [3.8, 4) is 0 Å². The molecule has 1 aromatic heterocycles. The van der Waals surface area contributed by atoms with Crippen molar-refractivity contribution in [1.29, 1.82) is 0 Å². The molecule has 0 atom stereocenters. The molecule has 24 heavy (non-hydrogen) atoms. The predicted octanol–water partition coefficient (Wildman–Crippen LogP) is 4.19. The van der Waals surface area contributed by atoms with E-state index in [0.29, 0.717) is 26.8 Å². The van der Waals surface area contributed by atoms with Gasteiger partial charge in [0, 0.05) is 6.42 Å². The van der Waals surface area contributed by atoms with Gasteiger partial charge >= 0.3 is 5.97 Å². The summed E-state index contributed by atoms with van der Waals surface area (Å²) in [6.45, 7) is 3.94. The maximum Gasteiger partial charge on any atom is 0.326 e. The van der Waals surface area contributed by atoms with Crippen molar-refractivity contribution in [1.82, 2.24) is 4.57 Å². The van der Waals surface area contributed by atoms with Crippen molar-refractivity contribution in [2.45, 2.75) is 39.7 Å². The molecular formula is C16H18Cl2N2O3S. The van der Waals surface area contributed by atoms with E-state index >= 15 is 0 Å². The van der Waals surface area contributed by atoms with Gasteiger partial charge in [0.05, 0.1) is 26.9 Å². The molecule has 0 aliphatic heterocycles. The lowest BCUT2D eigenvalue weighted by Crippen LogP contribution is -2.23. The second kappa shape index (κ2) is 8.65. The van der Waals surface area contributed by atoms with Crippen molar-refractivity contribution >= 4 is 56.6 Å². The van der Waals surface area contributed by atoms with Gasteiger partial charge in [0.2, 0.25) is 5.91 Å². The van der Waals surface area contributed by atoms with Crippen LogP contribution in [0.25, 0.3) is 10.2 Å². The topological polar surface area (TPSA) is 60.7 Å². The number of halogens is 2. The zero-order valence-electron chi connectivity index (χ0n) is 13.5. The average Bonchev–Trinajstić information content (AvgIpc) is 2.87. The molecule has 130 valence electrons. The summed E-state index contributed by atoms with van der Waals surface area (Å²) in [5.41, 5.74) is 0.587. The number of amides is 1. The van der Waals surface area contributed by atoms with Crippen LogP contribution in [0, 0.1) is 0 Å². The minimum absolute atomic E-state index is 0.0756. The van der Waals surface area contributed by atoms with Crippen molar-refractivity contribution in [2.75, 3.05) is 6.61 Å². The number of carbonyl (C=O) groups is 2. The zero-order valence-corrected chi connectivity index (χ0v) is 15.8. The minimum atomic E-state index is -0.421. The van der Waals surface area contributed by atoms with Crippen LogP contribution in [0.1, 0.15) is 33.1 Å². The van der Waals surface area contributed by atoms with Crippen molar-refractivity contribution in [3.63, 3.8) is 0 Å². The quantitative estimate of drug-likeness (QED) is 0.696. The van der Waals surface area contributed by atoms with Crippen LogP contribution in [-0.4, -0.2) is 23.1 Å². The lowest BCUT2D eigenvalue weighted by atomic mass is 10.2. The van der Waals surface area contributed by atoms with Crippen LogP contribution < -0.4 is 4.80 Å². The number of ether oxygens (including phenoxy) is 1. The van der Waals surface area contributed by atoms with Gasteiger partial charge in [-0.15, -0.1) is 0 Å². The number of esters is 1. The number of nitrogens with zero attached hydrogens (tertiary/aromatic N) is 2. The molecule has 0 saturated heterocycles. The zero-order chi connectivity index (χ0) is 17.7. The first-order valence-electron chi connectivity index (χ1n) is 7.68. The average molecular weight is 389 g/mol. The first kappa shape index (κ1) is 19.0. The highest BCUT2D eigenvalue weighted by Crippen LogP contribution is 2.32. The maximum atomic E-state index is 12.0. The fraction of sp³-hybridized carbons (Fsp3) is 0.438. The van der Waals surface area contributed by atoms with Gasteiger partial charge in [-0.1, -0.05) is 47.9 Å². The lowest BCUT2D eigenvalue weighted by Gasteiger charge is -2.07. The molecule has 2 aromatic rings. The van der Waals surface area contributed by atoms with Crippen LogP contribution in [0.2, 0.25) is 10.0 Å². The number of rotatable bonds is 6. The molecule has 2 rings (SSSR count). The lowest BCUT2D eigenvalue weighted by molar-refractivity contribution is -0.143. The van der Waals surface area contributed by atoms with Gasteiger partial charge in [-0.25, -0.2) is 0 Å². The van der Waals surface area contributed by atoms with Crippen LogP contribution in [0.3, 0.4) is 0 Å². The summed E-state index contributed by atoms with van der Waals surface area (Å²) in [7, 11) is 0. The highest BCUT2D eigenvalue weighted by Gasteiger charge is 2.16. The Bertz CT molecular complexity index is 827. The van der Waals surface area contributed by atoms with E-state index in [-0.39, 0.29) is 19.1 Å². The summed E-state index contributed by atoms with van der Waals surface area (Å²) in [6, 6.07) is 3.48. The van der Waals surface area contributed by atoms with Gasteiger partial charge in [0.25, 0.3) is 0 Å². The first-order valence-corrected chi connectivity index (χ1v) is 9.25. The van der Waals surface area contributed by atoms with Crippen molar-refractivity contribution in [2.24, 2.45) is 4.99 Å². The molecule has 0 aliphatic carbocycles. The van der Waals surface area contributed by atoms with Gasteiger partial charge in [-0.3, -0.25) is 9.59 Å². The number of carbonyl (C=O) groups excluding carboxylic acids is 2. The fourth-order valence-corrected chi connectivity index (χ4v) is 3.69. The Balaban J connectivity index is 2.57. The SMILES string of the molecule is CCCCC(=O)N=c1sc2ccc(Cl)c(Cl)c2n1CC(=O)OCC. The highest BCUT2D eigenvalue weighted by atomic mass is 35.5. The Morgan fingerprint density at radius 1 is 1.29 bits per heavy atom. The van der Waals surface area contributed by atoms with E-state index in [1.165, 1.54) is 11.3 Å². The monoisotopic (exact) mass is 388 g/mol. The Hall–Kier alpha value is -1.37. The van der Waals surface area contributed by atoms with Crippen LogP contribution in [0.5, 0.6) is 0 Å². The second-order valence-corrected chi connectivity index (χ2v) is 6.89. The molecule has 0 saturated carbocycles. The molecule has 0 N–H and O–H groups in total. The summed E-state index contributed by atoms with van der Waals surface area (Å²) in [5.74, 6) is -0.640. The predicted molar refractivity (Wildman–Crippen MR) is 96.6 cm³/mol. The van der Waals surface area contributed by atoms with Gasteiger partial charge in [-0.05, 0) is 25.5 Å². The molecule has 8 heteroatoms. The van der Waals surface area contributed by atoms with Gasteiger partial charge in [-0.2, -0.15) is 4.99 Å². The van der Waals surface area contributed by atoms with E-state index in [9.17, 15) is 9.59 Å². The number of aromatic nitrogens is 1. The maximum absolute atomic E-state index is 12.0. The number of fused-ring (bicyclic) bond motifs is 1. The second-order valence-electron chi connectivity index (χ2n) is 5.09. The molecule has 1 amide bonds. The first-order chi connectivity index (χ1) is 11.5. The van der Waals surface area contributed by atoms with Crippen molar-refractivity contribution in [3.05, 3.63) is 27.0 Å². The Morgan fingerprint density at radius 3 is 2.71 bits per heavy atom. The summed E-state index contributed by atoms with van der Waals surface area (Å²) in [4.78, 5) is 28.5. The van der Waals surface area contributed by atoms with Crippen molar-refractivity contribution < 1.29 is 14.3 Å². The van der Waals surface area contributed by atoms with E-state index in [0.717, 1.165) is 17.5 Å². The van der Waals surface area contributed by atoms with E-state index in [1.807, 2.05) is 6.92 Å². The van der Waals surface area contributed by atoms with Crippen LogP contribution >= 0.6 is 34.5 Å². The number of unbranched alkanes of at least 4 members (excludes halogenated alkanes) is 1. The molecule has 0 spiro atoms. The molecule has 0 bridgehead atoms. The van der Waals surface area contributed by atoms with E-state index in [4.69, 9.17) is 27.9 Å². The third-order valence-electron chi connectivity index (χ3n) is 3.29. The Morgan fingerprint density at radius 2 is 2.04 bits per heavy atom. The molecule has 1 aromatic carbocycles. The van der Waals surface area contributed by atoms with Gasteiger partial charge in [0.15, 0.2) is 4.80 Å². The molecule has 1 heterocycles. The number of hydrogen-bond donors (Lipinski definition) is 0. The summed E-state index contributed by atoms with van der Waals surface area (Å²) >= 11 is 13.7. The third-order valence-corrected chi connectivity index (χ3v) is 5.13. The number of benzene rings is 1. The minimum Gasteiger partial charge on any atom is -0.465 e. The summed E-state index contributed by atoms with van der Waals surface area (Å²) in [6.07, 6.45) is 2.06. The molecule has 0 unspecified atom stereocenters. The molecule has 0 radical (unpaired) electrons. The van der Waals surface area contributed by atoms with E-state index in [1.54, 1.807) is 23.6 Å². The van der Waals surface area contributed by atoms with Crippen LogP contribution in [0.4, 0.5) is 0 Å². The third kappa shape index (κ3) is 4.37.